The number of rotatable bonds is 5. The molecule has 1 heterocycles. The third kappa shape index (κ3) is 4.15. The Morgan fingerprint density at radius 3 is 2.53 bits per heavy atom. The van der Waals surface area contributed by atoms with E-state index in [1.165, 1.54) is 0 Å². The van der Waals surface area contributed by atoms with E-state index in [0.717, 1.165) is 16.8 Å². The summed E-state index contributed by atoms with van der Waals surface area (Å²) < 4.78 is 0. The molecule has 1 amide bonds. The van der Waals surface area contributed by atoms with Crippen molar-refractivity contribution in [3.05, 3.63) is 59.4 Å². The molecule has 0 aliphatic carbocycles. The molecule has 5 heteroatoms. The summed E-state index contributed by atoms with van der Waals surface area (Å²) in [6.07, 6.45) is 1.95. The lowest BCUT2D eigenvalue weighted by molar-refractivity contribution is -0.120. The SMILES string of the molecule is NCc1ccc(CC(=O)NCc2cccnn2)cc1. The van der Waals surface area contributed by atoms with E-state index < -0.39 is 0 Å². The zero-order valence-corrected chi connectivity index (χ0v) is 10.5. The molecule has 0 spiro atoms. The Kier molecular flexibility index (Phi) is 4.58. The van der Waals surface area contributed by atoms with Gasteiger partial charge in [0.25, 0.3) is 0 Å². The first-order valence-electron chi connectivity index (χ1n) is 6.09. The van der Waals surface area contributed by atoms with E-state index in [0.29, 0.717) is 19.5 Å². The molecule has 1 aromatic heterocycles. The molecule has 0 atom stereocenters. The fourth-order valence-electron chi connectivity index (χ4n) is 1.66. The molecule has 1 aromatic carbocycles. The highest BCUT2D eigenvalue weighted by Gasteiger charge is 2.03. The van der Waals surface area contributed by atoms with Crippen LogP contribution >= 0.6 is 0 Å². The van der Waals surface area contributed by atoms with Crippen molar-refractivity contribution in [1.82, 2.24) is 15.5 Å². The van der Waals surface area contributed by atoms with Gasteiger partial charge in [-0.1, -0.05) is 24.3 Å². The van der Waals surface area contributed by atoms with Gasteiger partial charge >= 0.3 is 0 Å². The van der Waals surface area contributed by atoms with Crippen LogP contribution in [0.2, 0.25) is 0 Å². The predicted octanol–water partition coefficient (Wildman–Crippen LogP) is 0.794. The highest BCUT2D eigenvalue weighted by molar-refractivity contribution is 5.78. The summed E-state index contributed by atoms with van der Waals surface area (Å²) >= 11 is 0. The Balaban J connectivity index is 1.83. The normalized spacial score (nSPS) is 10.2. The lowest BCUT2D eigenvalue weighted by atomic mass is 10.1. The predicted molar refractivity (Wildman–Crippen MR) is 71.9 cm³/mol. The second-order valence-corrected chi connectivity index (χ2v) is 4.19. The van der Waals surface area contributed by atoms with E-state index in [4.69, 9.17) is 5.73 Å². The molecule has 0 aliphatic rings. The van der Waals surface area contributed by atoms with Gasteiger partial charge in [-0.15, -0.1) is 0 Å². The van der Waals surface area contributed by atoms with Crippen LogP contribution in [0, 0.1) is 0 Å². The minimum absolute atomic E-state index is 0.0360. The van der Waals surface area contributed by atoms with E-state index >= 15 is 0 Å². The van der Waals surface area contributed by atoms with Crippen LogP contribution in [0.15, 0.2) is 42.6 Å². The van der Waals surface area contributed by atoms with Crippen molar-refractivity contribution >= 4 is 5.91 Å². The molecule has 0 aliphatic heterocycles. The molecular weight excluding hydrogens is 240 g/mol. The monoisotopic (exact) mass is 256 g/mol. The molecule has 0 fully saturated rings. The zero-order chi connectivity index (χ0) is 13.5. The molecule has 3 N–H and O–H groups in total. The first-order chi connectivity index (χ1) is 9.28. The van der Waals surface area contributed by atoms with Gasteiger partial charge in [-0.05, 0) is 23.3 Å². The number of benzene rings is 1. The summed E-state index contributed by atoms with van der Waals surface area (Å²) in [4.78, 5) is 11.8. The number of aromatic nitrogens is 2. The van der Waals surface area contributed by atoms with Crippen LogP contribution in [0.5, 0.6) is 0 Å². The first-order valence-corrected chi connectivity index (χ1v) is 6.09. The minimum atomic E-state index is -0.0360. The van der Waals surface area contributed by atoms with E-state index in [2.05, 4.69) is 15.5 Å². The average Bonchev–Trinajstić information content (AvgIpc) is 2.47. The molecule has 19 heavy (non-hydrogen) atoms. The van der Waals surface area contributed by atoms with Gasteiger partial charge in [0, 0.05) is 12.7 Å². The van der Waals surface area contributed by atoms with Crippen LogP contribution < -0.4 is 11.1 Å². The van der Waals surface area contributed by atoms with Crippen molar-refractivity contribution in [1.29, 1.82) is 0 Å². The molecule has 0 radical (unpaired) electrons. The summed E-state index contributed by atoms with van der Waals surface area (Å²) in [6.45, 7) is 0.909. The standard InChI is InChI=1S/C14H16N4O/c15-9-12-5-3-11(4-6-12)8-14(19)16-10-13-2-1-7-17-18-13/h1-7H,8-10,15H2,(H,16,19). The Bertz CT molecular complexity index is 525. The van der Waals surface area contributed by atoms with E-state index in [1.807, 2.05) is 30.3 Å². The first kappa shape index (κ1) is 13.2. The molecule has 2 aromatic rings. The third-order valence-corrected chi connectivity index (χ3v) is 2.72. The molecule has 0 bridgehead atoms. The number of hydrogen-bond donors (Lipinski definition) is 2. The highest BCUT2D eigenvalue weighted by Crippen LogP contribution is 2.04. The van der Waals surface area contributed by atoms with Crippen molar-refractivity contribution < 1.29 is 4.79 Å². The number of hydrogen-bond acceptors (Lipinski definition) is 4. The summed E-state index contributed by atoms with van der Waals surface area (Å²) in [6, 6.07) is 11.3. The highest BCUT2D eigenvalue weighted by atomic mass is 16.1. The second-order valence-electron chi connectivity index (χ2n) is 4.19. The van der Waals surface area contributed by atoms with Gasteiger partial charge < -0.3 is 11.1 Å². The van der Waals surface area contributed by atoms with Gasteiger partial charge in [-0.25, -0.2) is 0 Å². The fourth-order valence-corrected chi connectivity index (χ4v) is 1.66. The maximum absolute atomic E-state index is 11.8. The Morgan fingerprint density at radius 2 is 1.89 bits per heavy atom. The summed E-state index contributed by atoms with van der Waals surface area (Å²) in [7, 11) is 0. The molecule has 0 unspecified atom stereocenters. The van der Waals surface area contributed by atoms with Crippen molar-refractivity contribution in [3.8, 4) is 0 Å². The lowest BCUT2D eigenvalue weighted by Crippen LogP contribution is -2.25. The van der Waals surface area contributed by atoms with Gasteiger partial charge in [-0.2, -0.15) is 10.2 Å². The maximum Gasteiger partial charge on any atom is 0.224 e. The van der Waals surface area contributed by atoms with Gasteiger partial charge in [-0.3, -0.25) is 4.79 Å². The average molecular weight is 256 g/mol. The van der Waals surface area contributed by atoms with Crippen LogP contribution in [0.25, 0.3) is 0 Å². The Morgan fingerprint density at radius 1 is 1.16 bits per heavy atom. The number of nitrogens with one attached hydrogen (secondary N) is 1. The molecule has 98 valence electrons. The second kappa shape index (κ2) is 6.61. The van der Waals surface area contributed by atoms with Crippen molar-refractivity contribution in [3.63, 3.8) is 0 Å². The lowest BCUT2D eigenvalue weighted by Gasteiger charge is -2.05. The van der Waals surface area contributed by atoms with Crippen LogP contribution in [0.1, 0.15) is 16.8 Å². The number of nitrogens with two attached hydrogens (primary N) is 1. The Hall–Kier alpha value is -2.27. The van der Waals surface area contributed by atoms with Gasteiger partial charge in [0.1, 0.15) is 0 Å². The summed E-state index contributed by atoms with van der Waals surface area (Å²) in [5.41, 5.74) is 8.29. The number of carbonyl (C=O) groups excluding carboxylic acids is 1. The van der Waals surface area contributed by atoms with Gasteiger partial charge in [0.2, 0.25) is 5.91 Å². The fraction of sp³-hybridized carbons (Fsp3) is 0.214. The number of amides is 1. The van der Waals surface area contributed by atoms with Crippen LogP contribution in [0.4, 0.5) is 0 Å². The molecular formula is C14H16N4O. The number of carbonyl (C=O) groups is 1. The number of nitrogens with zero attached hydrogens (tertiary/aromatic N) is 2. The summed E-state index contributed by atoms with van der Waals surface area (Å²) in [5, 5.41) is 10.5. The molecule has 0 saturated carbocycles. The van der Waals surface area contributed by atoms with Gasteiger partial charge in [0.15, 0.2) is 0 Å². The van der Waals surface area contributed by atoms with E-state index in [1.54, 1.807) is 12.3 Å². The smallest absolute Gasteiger partial charge is 0.224 e. The Labute approximate surface area is 111 Å². The van der Waals surface area contributed by atoms with Crippen molar-refractivity contribution in [2.45, 2.75) is 19.5 Å². The van der Waals surface area contributed by atoms with E-state index in [-0.39, 0.29) is 5.91 Å². The van der Waals surface area contributed by atoms with Crippen LogP contribution in [-0.2, 0) is 24.3 Å². The van der Waals surface area contributed by atoms with Gasteiger partial charge in [0.05, 0.1) is 18.7 Å². The van der Waals surface area contributed by atoms with Crippen LogP contribution in [-0.4, -0.2) is 16.1 Å². The minimum Gasteiger partial charge on any atom is -0.350 e. The third-order valence-electron chi connectivity index (χ3n) is 2.72. The summed E-state index contributed by atoms with van der Waals surface area (Å²) in [5.74, 6) is -0.0360. The zero-order valence-electron chi connectivity index (χ0n) is 10.5. The quantitative estimate of drug-likeness (QED) is 0.829. The topological polar surface area (TPSA) is 80.9 Å². The van der Waals surface area contributed by atoms with Crippen molar-refractivity contribution in [2.24, 2.45) is 5.73 Å². The van der Waals surface area contributed by atoms with Crippen molar-refractivity contribution in [2.75, 3.05) is 0 Å². The molecule has 2 rings (SSSR count). The van der Waals surface area contributed by atoms with Crippen LogP contribution in [0.3, 0.4) is 0 Å². The maximum atomic E-state index is 11.8. The molecule has 0 saturated heterocycles. The molecule has 5 nitrogen and oxygen atoms in total. The van der Waals surface area contributed by atoms with E-state index in [9.17, 15) is 4.79 Å². The largest absolute Gasteiger partial charge is 0.350 e.